The number of carbonyl (C=O) groups is 1. The number of amides is 1. The van der Waals surface area contributed by atoms with Gasteiger partial charge in [0.05, 0.1) is 19.0 Å². The van der Waals surface area contributed by atoms with Crippen LogP contribution in [0.5, 0.6) is 5.75 Å². The normalized spacial score (nSPS) is 16.0. The number of methoxy groups -OCH3 is 1. The molecule has 0 aliphatic heterocycles. The topological polar surface area (TPSA) is 84.8 Å². The fourth-order valence-electron chi connectivity index (χ4n) is 4.37. The van der Waals surface area contributed by atoms with E-state index in [9.17, 15) is 9.18 Å². The van der Waals surface area contributed by atoms with Crippen LogP contribution in [0.25, 0.3) is 27.7 Å². The molecule has 3 heterocycles. The van der Waals surface area contributed by atoms with Gasteiger partial charge in [-0.3, -0.25) is 9.48 Å². The standard InChI is InChI=1S/C25H24FN5O2/c1-31-14-18(13-28-31)29-25(32)16-5-3-15(4-6-16)22-12-21-19(9-10-27-24(21)30-22)20-11-17(26)7-8-23(20)33-2/h3,7-14,16H,4-6H2,1-2H3,(H,27,30)(H,29,32). The van der Waals surface area contributed by atoms with E-state index in [4.69, 9.17) is 4.74 Å². The van der Waals surface area contributed by atoms with Crippen LogP contribution >= 0.6 is 0 Å². The molecular formula is C25H24FN5O2. The van der Waals surface area contributed by atoms with Gasteiger partial charge in [0.2, 0.25) is 5.91 Å². The average Bonchev–Trinajstić information content (AvgIpc) is 3.45. The molecule has 33 heavy (non-hydrogen) atoms. The monoisotopic (exact) mass is 445 g/mol. The van der Waals surface area contributed by atoms with Crippen LogP contribution in [0.3, 0.4) is 0 Å². The quantitative estimate of drug-likeness (QED) is 0.456. The highest BCUT2D eigenvalue weighted by Crippen LogP contribution is 2.37. The molecule has 0 bridgehead atoms. The Kier molecular flexibility index (Phi) is 5.42. The maximum atomic E-state index is 14.0. The molecule has 0 saturated carbocycles. The van der Waals surface area contributed by atoms with Gasteiger partial charge in [-0.25, -0.2) is 9.37 Å². The number of aryl methyl sites for hydroxylation is 1. The van der Waals surface area contributed by atoms with E-state index in [0.29, 0.717) is 23.4 Å². The molecule has 0 fully saturated rings. The first kappa shape index (κ1) is 20.9. The summed E-state index contributed by atoms with van der Waals surface area (Å²) >= 11 is 0. The Morgan fingerprint density at radius 3 is 2.88 bits per heavy atom. The van der Waals surface area contributed by atoms with Crippen LogP contribution in [-0.4, -0.2) is 32.8 Å². The molecular weight excluding hydrogens is 421 g/mol. The third kappa shape index (κ3) is 4.11. The highest BCUT2D eigenvalue weighted by molar-refractivity contribution is 5.97. The highest BCUT2D eigenvalue weighted by atomic mass is 19.1. The number of nitrogens with zero attached hydrogens (tertiary/aromatic N) is 3. The first-order valence-corrected chi connectivity index (χ1v) is 10.8. The number of halogens is 1. The number of rotatable bonds is 5. The van der Waals surface area contributed by atoms with E-state index >= 15 is 0 Å². The van der Waals surface area contributed by atoms with Crippen molar-refractivity contribution in [2.45, 2.75) is 19.3 Å². The summed E-state index contributed by atoms with van der Waals surface area (Å²) in [7, 11) is 3.39. The summed E-state index contributed by atoms with van der Waals surface area (Å²) in [5, 5.41) is 7.92. The maximum Gasteiger partial charge on any atom is 0.227 e. The number of fused-ring (bicyclic) bond motifs is 1. The van der Waals surface area contributed by atoms with Crippen molar-refractivity contribution < 1.29 is 13.9 Å². The van der Waals surface area contributed by atoms with Crippen LogP contribution in [0.4, 0.5) is 10.1 Å². The molecule has 8 heteroatoms. The lowest BCUT2D eigenvalue weighted by molar-refractivity contribution is -0.120. The summed E-state index contributed by atoms with van der Waals surface area (Å²) < 4.78 is 21.1. The van der Waals surface area contributed by atoms with Crippen molar-refractivity contribution >= 4 is 28.2 Å². The molecule has 0 saturated heterocycles. The number of hydrogen-bond acceptors (Lipinski definition) is 4. The van der Waals surface area contributed by atoms with Crippen molar-refractivity contribution in [3.63, 3.8) is 0 Å². The van der Waals surface area contributed by atoms with Gasteiger partial charge in [-0.05, 0) is 60.7 Å². The Morgan fingerprint density at radius 2 is 2.15 bits per heavy atom. The van der Waals surface area contributed by atoms with E-state index < -0.39 is 0 Å². The molecule has 0 spiro atoms. The minimum Gasteiger partial charge on any atom is -0.496 e. The van der Waals surface area contributed by atoms with E-state index in [0.717, 1.165) is 40.7 Å². The molecule has 1 unspecified atom stereocenters. The number of allylic oxidation sites excluding steroid dienone is 2. The van der Waals surface area contributed by atoms with Gasteiger partial charge in [0.25, 0.3) is 0 Å². The van der Waals surface area contributed by atoms with Crippen LogP contribution in [0, 0.1) is 11.7 Å². The number of aromatic nitrogens is 4. The van der Waals surface area contributed by atoms with E-state index in [2.05, 4.69) is 26.5 Å². The van der Waals surface area contributed by atoms with Gasteiger partial charge in [0.15, 0.2) is 0 Å². The zero-order valence-corrected chi connectivity index (χ0v) is 18.4. The Morgan fingerprint density at radius 1 is 1.27 bits per heavy atom. The second kappa shape index (κ2) is 8.54. The van der Waals surface area contributed by atoms with Crippen LogP contribution in [-0.2, 0) is 11.8 Å². The summed E-state index contributed by atoms with van der Waals surface area (Å²) in [6, 6.07) is 8.41. The molecule has 2 N–H and O–H groups in total. The van der Waals surface area contributed by atoms with Crippen LogP contribution < -0.4 is 10.1 Å². The molecule has 7 nitrogen and oxygen atoms in total. The van der Waals surface area contributed by atoms with Gasteiger partial charge >= 0.3 is 0 Å². The summed E-state index contributed by atoms with van der Waals surface area (Å²) in [5.41, 5.74) is 5.08. The molecule has 5 rings (SSSR count). The molecule has 1 amide bonds. The van der Waals surface area contributed by atoms with Crippen molar-refractivity contribution in [2.75, 3.05) is 12.4 Å². The summed E-state index contributed by atoms with van der Waals surface area (Å²) in [6.07, 6.45) is 9.44. The molecule has 0 radical (unpaired) electrons. The number of nitrogens with one attached hydrogen (secondary N) is 2. The summed E-state index contributed by atoms with van der Waals surface area (Å²) in [4.78, 5) is 20.5. The lowest BCUT2D eigenvalue weighted by Crippen LogP contribution is -2.24. The Labute approximate surface area is 190 Å². The smallest absolute Gasteiger partial charge is 0.227 e. The number of aromatic amines is 1. The Bertz CT molecular complexity index is 1370. The van der Waals surface area contributed by atoms with Crippen molar-refractivity contribution in [3.8, 4) is 16.9 Å². The zero-order valence-electron chi connectivity index (χ0n) is 18.4. The fourth-order valence-corrected chi connectivity index (χ4v) is 4.37. The van der Waals surface area contributed by atoms with E-state index in [1.54, 1.807) is 36.4 Å². The lowest BCUT2D eigenvalue weighted by atomic mass is 9.87. The van der Waals surface area contributed by atoms with Crippen molar-refractivity contribution in [3.05, 3.63) is 66.5 Å². The number of anilines is 1. The van der Waals surface area contributed by atoms with E-state index in [-0.39, 0.29) is 17.6 Å². The fraction of sp³-hybridized carbons (Fsp3) is 0.240. The highest BCUT2D eigenvalue weighted by Gasteiger charge is 2.23. The molecule has 1 aromatic carbocycles. The third-order valence-corrected chi connectivity index (χ3v) is 6.08. The van der Waals surface area contributed by atoms with E-state index in [1.807, 2.05) is 19.2 Å². The van der Waals surface area contributed by atoms with Crippen LogP contribution in [0.2, 0.25) is 0 Å². The van der Waals surface area contributed by atoms with Gasteiger partial charge in [-0.15, -0.1) is 0 Å². The molecule has 1 atom stereocenters. The largest absolute Gasteiger partial charge is 0.496 e. The number of benzene rings is 1. The number of ether oxygens (including phenoxy) is 1. The second-order valence-electron chi connectivity index (χ2n) is 8.24. The average molecular weight is 445 g/mol. The van der Waals surface area contributed by atoms with Crippen molar-refractivity contribution in [2.24, 2.45) is 13.0 Å². The van der Waals surface area contributed by atoms with Crippen molar-refractivity contribution in [1.82, 2.24) is 19.7 Å². The van der Waals surface area contributed by atoms with Gasteiger partial charge < -0.3 is 15.0 Å². The summed E-state index contributed by atoms with van der Waals surface area (Å²) in [5.74, 6) is 0.212. The number of carbonyl (C=O) groups excluding carboxylic acids is 1. The molecule has 168 valence electrons. The van der Waals surface area contributed by atoms with Crippen LogP contribution in [0.15, 0.2) is 55.0 Å². The van der Waals surface area contributed by atoms with Gasteiger partial charge in [-0.2, -0.15) is 5.10 Å². The first-order valence-electron chi connectivity index (χ1n) is 10.8. The minimum atomic E-state index is -0.322. The predicted molar refractivity (Wildman–Crippen MR) is 125 cm³/mol. The maximum absolute atomic E-state index is 14.0. The van der Waals surface area contributed by atoms with Crippen LogP contribution in [0.1, 0.15) is 25.0 Å². The first-order chi connectivity index (χ1) is 16.0. The van der Waals surface area contributed by atoms with Gasteiger partial charge in [0.1, 0.15) is 17.2 Å². The SMILES string of the molecule is COc1ccc(F)cc1-c1ccnc2[nH]c(C3=CCC(C(=O)Nc4cnn(C)c4)CC3)cc12. The molecule has 3 aromatic heterocycles. The lowest BCUT2D eigenvalue weighted by Gasteiger charge is -2.20. The molecule has 1 aliphatic carbocycles. The summed E-state index contributed by atoms with van der Waals surface area (Å²) in [6.45, 7) is 0. The van der Waals surface area contributed by atoms with Crippen molar-refractivity contribution in [1.29, 1.82) is 0 Å². The Balaban J connectivity index is 1.40. The predicted octanol–water partition coefficient (Wildman–Crippen LogP) is 4.93. The zero-order chi connectivity index (χ0) is 22.9. The molecule has 1 aliphatic rings. The number of H-pyrrole nitrogens is 1. The van der Waals surface area contributed by atoms with Gasteiger partial charge in [-0.1, -0.05) is 6.08 Å². The number of hydrogen-bond donors (Lipinski definition) is 2. The van der Waals surface area contributed by atoms with E-state index in [1.165, 1.54) is 12.1 Å². The number of pyridine rings is 1. The minimum absolute atomic E-state index is 0.0112. The second-order valence-corrected chi connectivity index (χ2v) is 8.24. The molecule has 4 aromatic rings. The third-order valence-electron chi connectivity index (χ3n) is 6.08. The Hall–Kier alpha value is -3.94. The van der Waals surface area contributed by atoms with Gasteiger partial charge in [0, 0.05) is 42.0 Å².